The first-order chi connectivity index (χ1) is 13.6. The van der Waals surface area contributed by atoms with E-state index < -0.39 is 0 Å². The van der Waals surface area contributed by atoms with Gasteiger partial charge >= 0.3 is 0 Å². The molecule has 7 heteroatoms. The first-order valence-corrected chi connectivity index (χ1v) is 10.8. The van der Waals surface area contributed by atoms with Gasteiger partial charge in [-0.25, -0.2) is 9.97 Å². The van der Waals surface area contributed by atoms with Crippen LogP contribution in [0.2, 0.25) is 5.02 Å². The second-order valence-electron chi connectivity index (χ2n) is 7.15. The van der Waals surface area contributed by atoms with Crippen LogP contribution in [-0.2, 0) is 11.2 Å². The Morgan fingerprint density at radius 2 is 2.11 bits per heavy atom. The van der Waals surface area contributed by atoms with Crippen molar-refractivity contribution in [2.24, 2.45) is 5.92 Å². The molecule has 28 heavy (non-hydrogen) atoms. The van der Waals surface area contributed by atoms with Gasteiger partial charge in [-0.1, -0.05) is 24.6 Å². The number of amides is 1. The number of carbonyl (C=O) groups is 1. The molecule has 5 nitrogen and oxygen atoms in total. The minimum atomic E-state index is 0.000590. The molecule has 0 saturated carbocycles. The molecule has 1 aliphatic rings. The molecule has 1 aromatic carbocycles. The molecule has 146 valence electrons. The third-order valence-electron chi connectivity index (χ3n) is 5.40. The van der Waals surface area contributed by atoms with Crippen molar-refractivity contribution in [1.29, 1.82) is 0 Å². The van der Waals surface area contributed by atoms with Crippen LogP contribution in [0.15, 0.2) is 30.6 Å². The lowest BCUT2D eigenvalue weighted by Crippen LogP contribution is -2.38. The lowest BCUT2D eigenvalue weighted by Gasteiger charge is -2.32. The number of nitrogens with one attached hydrogen (secondary N) is 1. The van der Waals surface area contributed by atoms with Crippen molar-refractivity contribution in [1.82, 2.24) is 9.97 Å². The minimum absolute atomic E-state index is 0.000590. The third kappa shape index (κ3) is 3.71. The quantitative estimate of drug-likeness (QED) is 0.647. The third-order valence-corrected chi connectivity index (χ3v) is 7.00. The Kier molecular flexibility index (Phi) is 5.51. The summed E-state index contributed by atoms with van der Waals surface area (Å²) in [6.45, 7) is 5.71. The standard InChI is InChI=1S/C21H23ClN4OS/c1-3-15-11-16-19(23-12-24-21(16)28-15)26-9-7-14(8-10-26)20(27)25-18-6-4-5-17(22)13(18)2/h4-6,11-12,14H,3,7-10H2,1-2H3,(H,25,27). The molecule has 0 aliphatic carbocycles. The van der Waals surface area contributed by atoms with Crippen LogP contribution in [-0.4, -0.2) is 29.0 Å². The number of aromatic nitrogens is 2. The van der Waals surface area contributed by atoms with Crippen molar-refractivity contribution < 1.29 is 4.79 Å². The highest BCUT2D eigenvalue weighted by Crippen LogP contribution is 2.33. The highest BCUT2D eigenvalue weighted by atomic mass is 35.5. The second kappa shape index (κ2) is 8.05. The molecule has 0 spiro atoms. The maximum atomic E-state index is 12.7. The van der Waals surface area contributed by atoms with E-state index in [-0.39, 0.29) is 11.8 Å². The van der Waals surface area contributed by atoms with Crippen LogP contribution in [0, 0.1) is 12.8 Å². The number of rotatable bonds is 4. The Bertz CT molecular complexity index is 1010. The lowest BCUT2D eigenvalue weighted by molar-refractivity contribution is -0.120. The number of anilines is 2. The van der Waals surface area contributed by atoms with E-state index in [1.807, 2.05) is 25.1 Å². The average molecular weight is 415 g/mol. The smallest absolute Gasteiger partial charge is 0.227 e. The molecule has 0 unspecified atom stereocenters. The SMILES string of the molecule is CCc1cc2c(N3CCC(C(=O)Nc4cccc(Cl)c4C)CC3)ncnc2s1. The number of aryl methyl sites for hydroxylation is 1. The van der Waals surface area contributed by atoms with Gasteiger partial charge in [0.15, 0.2) is 0 Å². The number of benzene rings is 1. The molecule has 1 aliphatic heterocycles. The van der Waals surface area contributed by atoms with Gasteiger partial charge < -0.3 is 10.2 Å². The average Bonchev–Trinajstić information content (AvgIpc) is 3.15. The number of hydrogen-bond donors (Lipinski definition) is 1. The molecule has 3 aromatic rings. The Morgan fingerprint density at radius 3 is 2.86 bits per heavy atom. The highest BCUT2D eigenvalue weighted by molar-refractivity contribution is 7.18. The number of carbonyl (C=O) groups excluding carboxylic acids is 1. The monoisotopic (exact) mass is 414 g/mol. The molecular weight excluding hydrogens is 392 g/mol. The highest BCUT2D eigenvalue weighted by Gasteiger charge is 2.27. The van der Waals surface area contributed by atoms with Crippen molar-refractivity contribution >= 4 is 50.6 Å². The summed E-state index contributed by atoms with van der Waals surface area (Å²) >= 11 is 7.89. The Labute approximate surface area is 173 Å². The maximum Gasteiger partial charge on any atom is 0.227 e. The Balaban J connectivity index is 1.44. The molecule has 1 saturated heterocycles. The molecule has 0 bridgehead atoms. The molecule has 3 heterocycles. The molecule has 0 radical (unpaired) electrons. The molecule has 1 fully saturated rings. The van der Waals surface area contributed by atoms with Gasteiger partial charge in [-0.05, 0) is 49.9 Å². The lowest BCUT2D eigenvalue weighted by atomic mass is 9.95. The van der Waals surface area contributed by atoms with Crippen LogP contribution < -0.4 is 10.2 Å². The summed E-state index contributed by atoms with van der Waals surface area (Å²) in [5, 5.41) is 4.85. The van der Waals surface area contributed by atoms with Crippen molar-refractivity contribution in [2.45, 2.75) is 33.1 Å². The topological polar surface area (TPSA) is 58.1 Å². The fourth-order valence-corrected chi connectivity index (χ4v) is 4.75. The van der Waals surface area contributed by atoms with E-state index in [9.17, 15) is 4.79 Å². The van der Waals surface area contributed by atoms with Gasteiger partial charge in [-0.2, -0.15) is 0 Å². The summed E-state index contributed by atoms with van der Waals surface area (Å²) in [6, 6.07) is 7.80. The number of thiophene rings is 1. The molecule has 2 aromatic heterocycles. The normalized spacial score (nSPS) is 15.2. The first kappa shape index (κ1) is 19.2. The molecular formula is C21H23ClN4OS. The molecule has 0 atom stereocenters. The van der Waals surface area contributed by atoms with Crippen molar-refractivity contribution in [2.75, 3.05) is 23.3 Å². The van der Waals surface area contributed by atoms with Crippen molar-refractivity contribution in [3.63, 3.8) is 0 Å². The maximum absolute atomic E-state index is 12.7. The van der Waals surface area contributed by atoms with Gasteiger partial charge in [-0.3, -0.25) is 4.79 Å². The van der Waals surface area contributed by atoms with Gasteiger partial charge in [0.1, 0.15) is 17.0 Å². The summed E-state index contributed by atoms with van der Waals surface area (Å²) in [6.07, 6.45) is 4.27. The van der Waals surface area contributed by atoms with E-state index in [4.69, 9.17) is 11.6 Å². The predicted molar refractivity (Wildman–Crippen MR) is 117 cm³/mol. The van der Waals surface area contributed by atoms with Crippen LogP contribution in [0.25, 0.3) is 10.2 Å². The van der Waals surface area contributed by atoms with Crippen LogP contribution in [0.4, 0.5) is 11.5 Å². The summed E-state index contributed by atoms with van der Waals surface area (Å²) in [5.41, 5.74) is 1.70. The second-order valence-corrected chi connectivity index (χ2v) is 8.67. The number of nitrogens with zero attached hydrogens (tertiary/aromatic N) is 3. The Hall–Kier alpha value is -2.18. The van der Waals surface area contributed by atoms with Gasteiger partial charge in [-0.15, -0.1) is 11.3 Å². The summed E-state index contributed by atoms with van der Waals surface area (Å²) in [5.74, 6) is 1.06. The van der Waals surface area contributed by atoms with Crippen LogP contribution in [0.3, 0.4) is 0 Å². The Morgan fingerprint density at radius 1 is 1.32 bits per heavy atom. The van der Waals surface area contributed by atoms with Crippen molar-refractivity contribution in [3.8, 4) is 0 Å². The zero-order valence-electron chi connectivity index (χ0n) is 16.0. The van der Waals surface area contributed by atoms with E-state index in [1.165, 1.54) is 4.88 Å². The van der Waals surface area contributed by atoms with Crippen LogP contribution in [0.1, 0.15) is 30.2 Å². The largest absolute Gasteiger partial charge is 0.356 e. The van der Waals surface area contributed by atoms with E-state index in [0.29, 0.717) is 5.02 Å². The van der Waals surface area contributed by atoms with Gasteiger partial charge in [0.05, 0.1) is 5.39 Å². The number of hydrogen-bond acceptors (Lipinski definition) is 5. The molecule has 4 rings (SSSR count). The van der Waals surface area contributed by atoms with E-state index in [2.05, 4.69) is 33.2 Å². The van der Waals surface area contributed by atoms with Crippen molar-refractivity contribution in [3.05, 3.63) is 46.1 Å². The van der Waals surface area contributed by atoms with E-state index in [1.54, 1.807) is 17.7 Å². The zero-order chi connectivity index (χ0) is 19.7. The van der Waals surface area contributed by atoms with Gasteiger partial charge in [0, 0.05) is 34.6 Å². The molecule has 1 amide bonds. The minimum Gasteiger partial charge on any atom is -0.356 e. The first-order valence-electron chi connectivity index (χ1n) is 9.61. The number of halogens is 1. The van der Waals surface area contributed by atoms with Gasteiger partial charge in [0.25, 0.3) is 0 Å². The predicted octanol–water partition coefficient (Wildman–Crippen LogP) is 5.07. The fraction of sp³-hybridized carbons (Fsp3) is 0.381. The summed E-state index contributed by atoms with van der Waals surface area (Å²) < 4.78 is 0. The van der Waals surface area contributed by atoms with E-state index >= 15 is 0 Å². The number of piperidine rings is 1. The zero-order valence-corrected chi connectivity index (χ0v) is 17.6. The summed E-state index contributed by atoms with van der Waals surface area (Å²) in [7, 11) is 0. The number of fused-ring (bicyclic) bond motifs is 1. The summed E-state index contributed by atoms with van der Waals surface area (Å²) in [4.78, 5) is 26.3. The van der Waals surface area contributed by atoms with E-state index in [0.717, 1.165) is 59.6 Å². The van der Waals surface area contributed by atoms with Crippen LogP contribution >= 0.6 is 22.9 Å². The molecule has 1 N–H and O–H groups in total. The van der Waals surface area contributed by atoms with Gasteiger partial charge in [0.2, 0.25) is 5.91 Å². The fourth-order valence-electron chi connectivity index (χ4n) is 3.65. The van der Waals surface area contributed by atoms with Crippen LogP contribution in [0.5, 0.6) is 0 Å².